The van der Waals surface area contributed by atoms with Gasteiger partial charge in [0.25, 0.3) is 5.91 Å². The Balaban J connectivity index is 1.41. The largest absolute Gasteiger partial charge is 0.497 e. The molecule has 1 fully saturated rings. The number of benzene rings is 2. The average Bonchev–Trinajstić information content (AvgIpc) is 3.26. The highest BCUT2D eigenvalue weighted by atomic mass is 16.7. The van der Waals surface area contributed by atoms with E-state index in [1.807, 2.05) is 6.07 Å². The second-order valence-electron chi connectivity index (χ2n) is 7.29. The van der Waals surface area contributed by atoms with Crippen molar-refractivity contribution < 1.29 is 28.6 Å². The lowest BCUT2D eigenvalue weighted by Crippen LogP contribution is -2.46. The summed E-state index contributed by atoms with van der Waals surface area (Å²) in [6.07, 6.45) is 0.255. The first-order valence-corrected chi connectivity index (χ1v) is 9.34. The minimum absolute atomic E-state index is 0.156. The van der Waals surface area contributed by atoms with Crippen LogP contribution in [0.3, 0.4) is 0 Å². The normalized spacial score (nSPS) is 19.6. The van der Waals surface area contributed by atoms with Gasteiger partial charge in [-0.1, -0.05) is 6.07 Å². The van der Waals surface area contributed by atoms with Crippen LogP contribution >= 0.6 is 0 Å². The molecule has 2 aliphatic rings. The number of ether oxygens (including phenoxy) is 3. The monoisotopic (exact) mass is 411 g/mol. The summed E-state index contributed by atoms with van der Waals surface area (Å²) < 4.78 is 15.7. The van der Waals surface area contributed by atoms with E-state index < -0.39 is 23.4 Å². The van der Waals surface area contributed by atoms with Crippen molar-refractivity contribution >= 4 is 23.5 Å². The summed E-state index contributed by atoms with van der Waals surface area (Å²) >= 11 is 0. The van der Waals surface area contributed by atoms with Gasteiger partial charge in [-0.05, 0) is 48.9 Å². The van der Waals surface area contributed by atoms with Gasteiger partial charge in [-0.25, -0.2) is 4.79 Å². The SMILES string of the molecule is COc1ccc(NC(=O)CN2C(=O)N[C@@](C)(Cc3ccc4c(c3)OCO4)C2=O)cc1. The molecule has 0 radical (unpaired) electrons. The zero-order valence-corrected chi connectivity index (χ0v) is 16.6. The van der Waals surface area contributed by atoms with Gasteiger partial charge in [-0.2, -0.15) is 0 Å². The van der Waals surface area contributed by atoms with Crippen LogP contribution in [0.4, 0.5) is 10.5 Å². The lowest BCUT2D eigenvalue weighted by molar-refractivity contribution is -0.133. The number of hydrogen-bond acceptors (Lipinski definition) is 6. The van der Waals surface area contributed by atoms with Crippen LogP contribution in [0.2, 0.25) is 0 Å². The lowest BCUT2D eigenvalue weighted by atomic mass is 9.92. The molecule has 2 aromatic rings. The highest BCUT2D eigenvalue weighted by Crippen LogP contribution is 2.34. The van der Waals surface area contributed by atoms with Gasteiger partial charge < -0.3 is 24.8 Å². The average molecular weight is 411 g/mol. The third-order valence-electron chi connectivity index (χ3n) is 5.02. The maximum absolute atomic E-state index is 12.9. The first-order valence-electron chi connectivity index (χ1n) is 9.34. The van der Waals surface area contributed by atoms with Crippen molar-refractivity contribution in [2.75, 3.05) is 25.8 Å². The van der Waals surface area contributed by atoms with Crippen LogP contribution in [0, 0.1) is 0 Å². The molecule has 156 valence electrons. The van der Waals surface area contributed by atoms with Crippen molar-refractivity contribution in [3.63, 3.8) is 0 Å². The zero-order chi connectivity index (χ0) is 21.3. The number of fused-ring (bicyclic) bond motifs is 1. The fourth-order valence-electron chi connectivity index (χ4n) is 3.49. The highest BCUT2D eigenvalue weighted by molar-refractivity contribution is 6.10. The molecule has 0 bridgehead atoms. The summed E-state index contributed by atoms with van der Waals surface area (Å²) in [4.78, 5) is 38.6. The molecular formula is C21H21N3O6. The number of anilines is 1. The summed E-state index contributed by atoms with van der Waals surface area (Å²) in [5.41, 5.74) is 0.182. The van der Waals surface area contributed by atoms with Gasteiger partial charge in [0.2, 0.25) is 12.7 Å². The highest BCUT2D eigenvalue weighted by Gasteiger charge is 2.48. The van der Waals surface area contributed by atoms with Gasteiger partial charge in [0.05, 0.1) is 7.11 Å². The molecule has 4 amide bonds. The number of amides is 4. The van der Waals surface area contributed by atoms with Gasteiger partial charge >= 0.3 is 6.03 Å². The number of hydrogen-bond donors (Lipinski definition) is 2. The molecule has 2 aromatic carbocycles. The minimum Gasteiger partial charge on any atom is -0.497 e. The Kier molecular flexibility index (Phi) is 4.94. The van der Waals surface area contributed by atoms with E-state index in [2.05, 4.69) is 10.6 Å². The summed E-state index contributed by atoms with van der Waals surface area (Å²) in [6, 6.07) is 11.5. The summed E-state index contributed by atoms with van der Waals surface area (Å²) in [7, 11) is 1.55. The van der Waals surface area contributed by atoms with Crippen molar-refractivity contribution in [3.8, 4) is 17.2 Å². The number of methoxy groups -OCH3 is 1. The predicted molar refractivity (Wildman–Crippen MR) is 107 cm³/mol. The third kappa shape index (κ3) is 3.73. The van der Waals surface area contributed by atoms with Crippen LogP contribution in [0.15, 0.2) is 42.5 Å². The quantitative estimate of drug-likeness (QED) is 0.704. The Bertz CT molecular complexity index is 1010. The van der Waals surface area contributed by atoms with E-state index in [4.69, 9.17) is 14.2 Å². The van der Waals surface area contributed by atoms with E-state index in [0.29, 0.717) is 22.9 Å². The smallest absolute Gasteiger partial charge is 0.325 e. The topological polar surface area (TPSA) is 106 Å². The van der Waals surface area contributed by atoms with E-state index in [1.54, 1.807) is 50.4 Å². The predicted octanol–water partition coefficient (Wildman–Crippen LogP) is 1.92. The zero-order valence-electron chi connectivity index (χ0n) is 16.6. The van der Waals surface area contributed by atoms with E-state index in [-0.39, 0.29) is 19.8 Å². The van der Waals surface area contributed by atoms with Gasteiger partial charge in [-0.3, -0.25) is 14.5 Å². The molecule has 2 aliphatic heterocycles. The van der Waals surface area contributed by atoms with Crippen LogP contribution in [-0.2, 0) is 16.0 Å². The summed E-state index contributed by atoms with van der Waals surface area (Å²) in [6.45, 7) is 1.41. The third-order valence-corrected chi connectivity index (χ3v) is 5.02. The maximum atomic E-state index is 12.9. The number of urea groups is 1. The van der Waals surface area contributed by atoms with E-state index >= 15 is 0 Å². The number of imide groups is 1. The molecule has 0 aliphatic carbocycles. The van der Waals surface area contributed by atoms with Gasteiger partial charge in [0.15, 0.2) is 11.5 Å². The number of carbonyl (C=O) groups excluding carboxylic acids is 3. The number of nitrogens with zero attached hydrogens (tertiary/aromatic N) is 1. The van der Waals surface area contributed by atoms with E-state index in [0.717, 1.165) is 10.5 Å². The van der Waals surface area contributed by atoms with Crippen molar-refractivity contribution in [1.29, 1.82) is 0 Å². The molecule has 0 spiro atoms. The first-order chi connectivity index (χ1) is 14.4. The fraction of sp³-hybridized carbons (Fsp3) is 0.286. The van der Waals surface area contributed by atoms with Crippen molar-refractivity contribution in [3.05, 3.63) is 48.0 Å². The molecule has 2 N–H and O–H groups in total. The number of nitrogens with one attached hydrogen (secondary N) is 2. The molecule has 0 saturated carbocycles. The molecule has 30 heavy (non-hydrogen) atoms. The molecule has 9 nitrogen and oxygen atoms in total. The van der Waals surface area contributed by atoms with Crippen molar-refractivity contribution in [1.82, 2.24) is 10.2 Å². The van der Waals surface area contributed by atoms with Crippen LogP contribution in [0.25, 0.3) is 0 Å². The van der Waals surface area contributed by atoms with Crippen LogP contribution < -0.4 is 24.8 Å². The summed E-state index contributed by atoms with van der Waals surface area (Å²) in [5.74, 6) is 0.957. The molecule has 4 rings (SSSR count). The number of rotatable bonds is 6. The Hall–Kier alpha value is -3.75. The molecule has 9 heteroatoms. The van der Waals surface area contributed by atoms with Gasteiger partial charge in [0, 0.05) is 12.1 Å². The van der Waals surface area contributed by atoms with Gasteiger partial charge in [-0.15, -0.1) is 0 Å². The molecule has 0 aromatic heterocycles. The maximum Gasteiger partial charge on any atom is 0.325 e. The van der Waals surface area contributed by atoms with Gasteiger partial charge in [0.1, 0.15) is 17.8 Å². The molecule has 2 heterocycles. The Morgan fingerprint density at radius 3 is 2.63 bits per heavy atom. The Morgan fingerprint density at radius 1 is 1.17 bits per heavy atom. The minimum atomic E-state index is -1.16. The van der Waals surface area contributed by atoms with Crippen molar-refractivity contribution in [2.24, 2.45) is 0 Å². The lowest BCUT2D eigenvalue weighted by Gasteiger charge is -2.22. The van der Waals surface area contributed by atoms with Crippen LogP contribution in [-0.4, -0.2) is 48.7 Å². The Labute approximate surface area is 172 Å². The molecule has 1 saturated heterocycles. The van der Waals surface area contributed by atoms with E-state index in [1.165, 1.54) is 0 Å². The fourth-order valence-corrected chi connectivity index (χ4v) is 3.49. The molecular weight excluding hydrogens is 390 g/mol. The summed E-state index contributed by atoms with van der Waals surface area (Å²) in [5, 5.41) is 5.37. The van der Waals surface area contributed by atoms with Crippen LogP contribution in [0.5, 0.6) is 17.2 Å². The van der Waals surface area contributed by atoms with Crippen molar-refractivity contribution in [2.45, 2.75) is 18.9 Å². The first kappa shape index (κ1) is 19.6. The molecule has 0 unspecified atom stereocenters. The Morgan fingerprint density at radius 2 is 1.90 bits per heavy atom. The molecule has 1 atom stereocenters. The second kappa shape index (κ2) is 7.58. The van der Waals surface area contributed by atoms with E-state index in [9.17, 15) is 14.4 Å². The second-order valence-corrected chi connectivity index (χ2v) is 7.29. The standard InChI is InChI=1S/C21H21N3O6/c1-21(10-13-3-8-16-17(9-13)30-12-29-16)19(26)24(20(27)23-21)11-18(25)22-14-4-6-15(28-2)7-5-14/h3-9H,10-12H2,1-2H3,(H,22,25)(H,23,27)/t21-/m0/s1. The number of carbonyl (C=O) groups is 3. The van der Waals surface area contributed by atoms with Crippen LogP contribution in [0.1, 0.15) is 12.5 Å².